The monoisotopic (exact) mass is 286 g/mol. The van der Waals surface area contributed by atoms with Crippen LogP contribution in [0.3, 0.4) is 0 Å². The molecular formula is C15H31FN4. The van der Waals surface area contributed by atoms with E-state index in [4.69, 9.17) is 5.84 Å². The maximum atomic E-state index is 12.9. The zero-order valence-corrected chi connectivity index (χ0v) is 13.3. The van der Waals surface area contributed by atoms with Gasteiger partial charge < -0.3 is 4.90 Å². The summed E-state index contributed by atoms with van der Waals surface area (Å²) in [6, 6.07) is 0.738. The third kappa shape index (κ3) is 3.50. The maximum absolute atomic E-state index is 12.9. The van der Waals surface area contributed by atoms with Gasteiger partial charge in [0.05, 0.1) is 0 Å². The molecule has 3 aliphatic rings. The second kappa shape index (κ2) is 6.69. The van der Waals surface area contributed by atoms with Crippen molar-refractivity contribution in [3.05, 3.63) is 0 Å². The Bertz CT molecular complexity index is 290. The second-order valence-electron chi connectivity index (χ2n) is 6.76. The van der Waals surface area contributed by atoms with Gasteiger partial charge in [-0.25, -0.2) is 5.01 Å². The van der Waals surface area contributed by atoms with Crippen LogP contribution in [0, 0.1) is 11.3 Å². The highest BCUT2D eigenvalue weighted by atomic mass is 19.2. The number of piperidine rings is 1. The van der Waals surface area contributed by atoms with Crippen LogP contribution in [0.1, 0.15) is 39.5 Å². The SMILES string of the molecule is CC.CN(CC1CCN(F)CC1)C1CC2(C1)CN(N)C2. The Kier molecular flexibility index (Phi) is 5.40. The van der Waals surface area contributed by atoms with Gasteiger partial charge in [0.2, 0.25) is 0 Å². The molecule has 3 fully saturated rings. The molecule has 2 aliphatic heterocycles. The van der Waals surface area contributed by atoms with Crippen LogP contribution in [-0.4, -0.2) is 60.8 Å². The van der Waals surface area contributed by atoms with E-state index in [9.17, 15) is 4.48 Å². The first-order valence-electron chi connectivity index (χ1n) is 8.17. The van der Waals surface area contributed by atoms with Gasteiger partial charge in [-0.1, -0.05) is 13.8 Å². The molecule has 3 rings (SSSR count). The van der Waals surface area contributed by atoms with Crippen molar-refractivity contribution in [2.24, 2.45) is 17.2 Å². The lowest BCUT2D eigenvalue weighted by atomic mass is 9.61. The summed E-state index contributed by atoms with van der Waals surface area (Å²) < 4.78 is 12.9. The van der Waals surface area contributed by atoms with Crippen molar-refractivity contribution in [3.63, 3.8) is 0 Å². The smallest absolute Gasteiger partial charge is 0.0293 e. The summed E-state index contributed by atoms with van der Waals surface area (Å²) in [5, 5.41) is 2.88. The van der Waals surface area contributed by atoms with Gasteiger partial charge in [0.15, 0.2) is 0 Å². The van der Waals surface area contributed by atoms with Crippen LogP contribution in [0.2, 0.25) is 0 Å². The molecule has 118 valence electrons. The maximum Gasteiger partial charge on any atom is 0.0293 e. The molecule has 2 heterocycles. The van der Waals surface area contributed by atoms with E-state index in [0.29, 0.717) is 24.4 Å². The quantitative estimate of drug-likeness (QED) is 0.635. The fraction of sp³-hybridized carbons (Fsp3) is 1.00. The first-order valence-corrected chi connectivity index (χ1v) is 8.17. The normalized spacial score (nSPS) is 27.9. The molecule has 0 atom stereocenters. The van der Waals surface area contributed by atoms with Crippen LogP contribution >= 0.6 is 0 Å². The zero-order valence-electron chi connectivity index (χ0n) is 13.3. The molecule has 0 unspecified atom stereocenters. The van der Waals surface area contributed by atoms with E-state index in [1.165, 1.54) is 12.8 Å². The molecular weight excluding hydrogens is 255 g/mol. The molecule has 5 heteroatoms. The summed E-state index contributed by atoms with van der Waals surface area (Å²) in [5.74, 6) is 6.41. The van der Waals surface area contributed by atoms with Crippen molar-refractivity contribution in [2.45, 2.75) is 45.6 Å². The van der Waals surface area contributed by atoms with Gasteiger partial charge in [-0.2, -0.15) is 0 Å². The highest BCUT2D eigenvalue weighted by Gasteiger charge is 2.52. The molecule has 0 aromatic rings. The first-order chi connectivity index (χ1) is 9.56. The second-order valence-corrected chi connectivity index (χ2v) is 6.76. The number of rotatable bonds is 3. The third-order valence-electron chi connectivity index (χ3n) is 5.14. The number of nitrogens with two attached hydrogens (primary N) is 1. The Morgan fingerprint density at radius 1 is 1.20 bits per heavy atom. The van der Waals surface area contributed by atoms with Gasteiger partial charge in [0, 0.05) is 44.2 Å². The average Bonchev–Trinajstić information content (AvgIpc) is 2.37. The van der Waals surface area contributed by atoms with Crippen LogP contribution in [0.15, 0.2) is 0 Å². The fourth-order valence-electron chi connectivity index (χ4n) is 3.97. The van der Waals surface area contributed by atoms with E-state index < -0.39 is 0 Å². The third-order valence-corrected chi connectivity index (χ3v) is 5.14. The summed E-state index contributed by atoms with van der Waals surface area (Å²) in [4.78, 5) is 2.50. The molecule has 0 aromatic carbocycles. The molecule has 1 saturated carbocycles. The standard InChI is InChI=1S/C13H25FN4.C2H6/c1-16(8-11-2-4-17(14)5-3-11)12-6-13(7-12)9-18(15)10-13;1-2/h11-12H,2-10,15H2,1H3;1-2H3. The van der Waals surface area contributed by atoms with Crippen molar-refractivity contribution in [1.29, 1.82) is 0 Å². The van der Waals surface area contributed by atoms with Gasteiger partial charge in [0.1, 0.15) is 0 Å². The van der Waals surface area contributed by atoms with Gasteiger partial charge in [-0.3, -0.25) is 5.84 Å². The zero-order chi connectivity index (χ0) is 14.8. The lowest BCUT2D eigenvalue weighted by Crippen LogP contribution is -2.68. The molecule has 4 nitrogen and oxygen atoms in total. The van der Waals surface area contributed by atoms with Crippen LogP contribution < -0.4 is 5.84 Å². The lowest BCUT2D eigenvalue weighted by Gasteiger charge is -2.59. The van der Waals surface area contributed by atoms with E-state index in [1.807, 2.05) is 18.9 Å². The Labute approximate surface area is 123 Å². The van der Waals surface area contributed by atoms with Crippen molar-refractivity contribution in [3.8, 4) is 0 Å². The van der Waals surface area contributed by atoms with E-state index in [2.05, 4.69) is 11.9 Å². The molecule has 1 spiro atoms. The highest BCUT2D eigenvalue weighted by Crippen LogP contribution is 2.49. The fourth-order valence-corrected chi connectivity index (χ4v) is 3.97. The van der Waals surface area contributed by atoms with Crippen LogP contribution in [0.4, 0.5) is 4.48 Å². The van der Waals surface area contributed by atoms with Gasteiger partial charge in [-0.05, 0) is 38.6 Å². The molecule has 0 radical (unpaired) electrons. The largest absolute Gasteiger partial charge is 0.303 e. The minimum absolute atomic E-state index is 0.552. The molecule has 0 amide bonds. The topological polar surface area (TPSA) is 35.7 Å². The minimum Gasteiger partial charge on any atom is -0.303 e. The number of halogens is 1. The highest BCUT2D eigenvalue weighted by molar-refractivity contribution is 5.06. The van der Waals surface area contributed by atoms with Crippen LogP contribution in [0.5, 0.6) is 0 Å². The van der Waals surface area contributed by atoms with Gasteiger partial charge in [0.25, 0.3) is 0 Å². The predicted octanol–water partition coefficient (Wildman–Crippen LogP) is 1.88. The van der Waals surface area contributed by atoms with Crippen molar-refractivity contribution in [1.82, 2.24) is 15.0 Å². The summed E-state index contributed by atoms with van der Waals surface area (Å²) in [7, 11) is 2.23. The Hall–Kier alpha value is -0.230. The number of hydrogen-bond acceptors (Lipinski definition) is 4. The van der Waals surface area contributed by atoms with E-state index in [1.54, 1.807) is 0 Å². The Morgan fingerprint density at radius 2 is 1.75 bits per heavy atom. The summed E-state index contributed by atoms with van der Waals surface area (Å²) >= 11 is 0. The predicted molar refractivity (Wildman–Crippen MR) is 80.6 cm³/mol. The van der Waals surface area contributed by atoms with Crippen LogP contribution in [0.25, 0.3) is 0 Å². The average molecular weight is 286 g/mol. The number of hydrogen-bond donors (Lipinski definition) is 1. The molecule has 20 heavy (non-hydrogen) atoms. The van der Waals surface area contributed by atoms with E-state index in [-0.39, 0.29) is 0 Å². The van der Waals surface area contributed by atoms with E-state index in [0.717, 1.165) is 43.6 Å². The molecule has 0 aromatic heterocycles. The molecule has 1 aliphatic carbocycles. The number of nitrogens with zero attached hydrogens (tertiary/aromatic N) is 3. The Balaban J connectivity index is 0.000000704. The van der Waals surface area contributed by atoms with Crippen molar-refractivity contribution in [2.75, 3.05) is 39.8 Å². The summed E-state index contributed by atoms with van der Waals surface area (Å²) in [6.45, 7) is 8.54. The van der Waals surface area contributed by atoms with Gasteiger partial charge in [-0.15, -0.1) is 9.60 Å². The Morgan fingerprint density at radius 3 is 2.25 bits per heavy atom. The molecule has 2 N–H and O–H groups in total. The minimum atomic E-state index is 0.552. The first kappa shape index (κ1) is 16.1. The van der Waals surface area contributed by atoms with Crippen molar-refractivity contribution >= 4 is 0 Å². The summed E-state index contributed by atoms with van der Waals surface area (Å²) in [6.07, 6.45) is 4.63. The molecule has 0 bridgehead atoms. The number of hydrazine groups is 1. The summed E-state index contributed by atoms with van der Waals surface area (Å²) in [5.41, 5.74) is 0.552. The van der Waals surface area contributed by atoms with E-state index >= 15 is 0 Å². The lowest BCUT2D eigenvalue weighted by molar-refractivity contribution is -0.109. The van der Waals surface area contributed by atoms with Gasteiger partial charge >= 0.3 is 0 Å². The molecule has 2 saturated heterocycles. The van der Waals surface area contributed by atoms with Crippen LogP contribution in [-0.2, 0) is 0 Å². The van der Waals surface area contributed by atoms with Crippen molar-refractivity contribution < 1.29 is 4.48 Å².